The molecule has 1 amide bonds. The van der Waals surface area contributed by atoms with Gasteiger partial charge in [0.05, 0.1) is 16.7 Å². The first-order valence-corrected chi connectivity index (χ1v) is 9.48. The number of fused-ring (bicyclic) bond motifs is 1. The summed E-state index contributed by atoms with van der Waals surface area (Å²) in [6.07, 6.45) is 0.473. The summed E-state index contributed by atoms with van der Waals surface area (Å²) in [7, 11) is 0. The summed E-state index contributed by atoms with van der Waals surface area (Å²) in [6, 6.07) is 16.0. The molecule has 3 aromatic rings. The van der Waals surface area contributed by atoms with Crippen molar-refractivity contribution in [3.63, 3.8) is 0 Å². The van der Waals surface area contributed by atoms with Crippen LogP contribution in [0.3, 0.4) is 0 Å². The molecule has 26 heavy (non-hydrogen) atoms. The molecule has 0 spiro atoms. The van der Waals surface area contributed by atoms with Gasteiger partial charge < -0.3 is 9.47 Å². The Labute approximate surface area is 161 Å². The normalized spacial score (nSPS) is 17.2. The Morgan fingerprint density at radius 2 is 1.96 bits per heavy atom. The van der Waals surface area contributed by atoms with Crippen LogP contribution in [0.5, 0.6) is 0 Å². The number of carbonyl (C=O) groups is 1. The first-order chi connectivity index (χ1) is 12.5. The van der Waals surface area contributed by atoms with E-state index in [4.69, 9.17) is 4.98 Å². The van der Waals surface area contributed by atoms with Gasteiger partial charge in [-0.3, -0.25) is 4.79 Å². The molecule has 0 radical (unpaired) electrons. The summed E-state index contributed by atoms with van der Waals surface area (Å²) in [5.41, 5.74) is 4.05. The van der Waals surface area contributed by atoms with Crippen molar-refractivity contribution in [2.24, 2.45) is 0 Å². The van der Waals surface area contributed by atoms with Crippen molar-refractivity contribution in [2.75, 3.05) is 11.4 Å². The Bertz CT molecular complexity index is 1010. The number of allylic oxidation sites excluding steroid dienone is 1. The van der Waals surface area contributed by atoms with Crippen molar-refractivity contribution in [3.8, 4) is 0 Å². The SMILES string of the molecule is C=C(C)Cn1c([C@@H]2CC(=O)N(c3ccccc3Br)C2)nc2ccccc21. The van der Waals surface area contributed by atoms with E-state index in [1.807, 2.05) is 54.3 Å². The average molecular weight is 410 g/mol. The number of hydrogen-bond donors (Lipinski definition) is 0. The number of nitrogens with zero attached hydrogens (tertiary/aromatic N) is 3. The Morgan fingerprint density at radius 1 is 1.23 bits per heavy atom. The molecule has 5 heteroatoms. The van der Waals surface area contributed by atoms with Crippen LogP contribution in [-0.2, 0) is 11.3 Å². The molecule has 2 heterocycles. The minimum absolute atomic E-state index is 0.0707. The zero-order chi connectivity index (χ0) is 18.3. The molecule has 1 atom stereocenters. The van der Waals surface area contributed by atoms with E-state index >= 15 is 0 Å². The lowest BCUT2D eigenvalue weighted by Crippen LogP contribution is -2.25. The molecule has 0 N–H and O–H groups in total. The van der Waals surface area contributed by atoms with Gasteiger partial charge in [-0.15, -0.1) is 0 Å². The monoisotopic (exact) mass is 409 g/mol. The summed E-state index contributed by atoms with van der Waals surface area (Å²) in [5, 5.41) is 0. The average Bonchev–Trinajstić information content (AvgIpc) is 3.16. The van der Waals surface area contributed by atoms with E-state index in [1.165, 1.54) is 0 Å². The highest BCUT2D eigenvalue weighted by Crippen LogP contribution is 2.36. The first kappa shape index (κ1) is 17.0. The number of halogens is 1. The smallest absolute Gasteiger partial charge is 0.227 e. The summed E-state index contributed by atoms with van der Waals surface area (Å²) >= 11 is 3.56. The summed E-state index contributed by atoms with van der Waals surface area (Å²) in [5.74, 6) is 1.18. The second-order valence-corrected chi connectivity index (χ2v) is 7.71. The van der Waals surface area contributed by atoms with Crippen molar-refractivity contribution >= 4 is 38.6 Å². The zero-order valence-electron chi connectivity index (χ0n) is 14.7. The standard InChI is InChI=1S/C21H20BrN3O/c1-14(2)12-25-19-10-6-4-8-17(19)23-21(25)15-11-20(26)24(13-15)18-9-5-3-7-16(18)22/h3-10,15H,1,11-13H2,2H3/t15-/m1/s1. The number of amides is 1. The van der Waals surface area contributed by atoms with Gasteiger partial charge in [0.25, 0.3) is 0 Å². The first-order valence-electron chi connectivity index (χ1n) is 8.69. The molecule has 0 aliphatic carbocycles. The van der Waals surface area contributed by atoms with Crippen molar-refractivity contribution < 1.29 is 4.79 Å². The number of carbonyl (C=O) groups excluding carboxylic acids is 1. The maximum absolute atomic E-state index is 12.7. The van der Waals surface area contributed by atoms with E-state index in [-0.39, 0.29) is 11.8 Å². The van der Waals surface area contributed by atoms with Gasteiger partial charge in [-0.25, -0.2) is 4.98 Å². The molecule has 1 aliphatic heterocycles. The molecule has 0 bridgehead atoms. The molecule has 1 aromatic heterocycles. The number of anilines is 1. The van der Waals surface area contributed by atoms with Gasteiger partial charge in [-0.1, -0.05) is 36.4 Å². The van der Waals surface area contributed by atoms with Crippen LogP contribution in [0.1, 0.15) is 25.1 Å². The Morgan fingerprint density at radius 3 is 2.73 bits per heavy atom. The third-order valence-corrected chi connectivity index (χ3v) is 5.42. The maximum atomic E-state index is 12.7. The summed E-state index contributed by atoms with van der Waals surface area (Å²) < 4.78 is 3.14. The van der Waals surface area contributed by atoms with Crippen LogP contribution in [0, 0.1) is 0 Å². The van der Waals surface area contributed by atoms with Gasteiger partial charge in [0.2, 0.25) is 5.91 Å². The quantitative estimate of drug-likeness (QED) is 0.574. The maximum Gasteiger partial charge on any atom is 0.227 e. The minimum Gasteiger partial charge on any atom is -0.324 e. The van der Waals surface area contributed by atoms with Crippen LogP contribution in [0.25, 0.3) is 11.0 Å². The van der Waals surface area contributed by atoms with Gasteiger partial charge in [0.1, 0.15) is 5.82 Å². The number of aromatic nitrogens is 2. The Hall–Kier alpha value is -2.40. The second kappa shape index (κ2) is 6.72. The molecule has 1 saturated heterocycles. The second-order valence-electron chi connectivity index (χ2n) is 6.86. The fourth-order valence-corrected chi connectivity index (χ4v) is 4.12. The van der Waals surface area contributed by atoms with Crippen LogP contribution in [0.15, 0.2) is 65.2 Å². The van der Waals surface area contributed by atoms with Crippen molar-refractivity contribution in [1.29, 1.82) is 0 Å². The molecule has 0 saturated carbocycles. The predicted molar refractivity (Wildman–Crippen MR) is 108 cm³/mol. The number of hydrogen-bond acceptors (Lipinski definition) is 2. The highest BCUT2D eigenvalue weighted by Gasteiger charge is 2.35. The molecule has 0 unspecified atom stereocenters. The number of benzene rings is 2. The van der Waals surface area contributed by atoms with E-state index in [0.717, 1.165) is 39.1 Å². The van der Waals surface area contributed by atoms with Crippen LogP contribution < -0.4 is 4.90 Å². The topological polar surface area (TPSA) is 38.1 Å². The Kier molecular flexibility index (Phi) is 4.41. The molecular formula is C21H20BrN3O. The number of imidazole rings is 1. The van der Waals surface area contributed by atoms with Crippen LogP contribution in [-0.4, -0.2) is 22.0 Å². The van der Waals surface area contributed by atoms with E-state index < -0.39 is 0 Å². The van der Waals surface area contributed by atoms with Gasteiger partial charge in [0.15, 0.2) is 0 Å². The van der Waals surface area contributed by atoms with Crippen molar-refractivity contribution in [3.05, 3.63) is 71.0 Å². The lowest BCUT2D eigenvalue weighted by atomic mass is 10.1. The lowest BCUT2D eigenvalue weighted by Gasteiger charge is -2.18. The van der Waals surface area contributed by atoms with E-state index in [1.54, 1.807) is 0 Å². The highest BCUT2D eigenvalue weighted by molar-refractivity contribution is 9.10. The van der Waals surface area contributed by atoms with Gasteiger partial charge in [-0.05, 0) is 47.1 Å². The van der Waals surface area contributed by atoms with Gasteiger partial charge >= 0.3 is 0 Å². The van der Waals surface area contributed by atoms with Crippen LogP contribution in [0.4, 0.5) is 5.69 Å². The number of para-hydroxylation sites is 3. The molecule has 2 aromatic carbocycles. The van der Waals surface area contributed by atoms with E-state index in [2.05, 4.69) is 33.1 Å². The lowest BCUT2D eigenvalue weighted by molar-refractivity contribution is -0.117. The molecule has 1 aliphatic rings. The van der Waals surface area contributed by atoms with Crippen molar-refractivity contribution in [2.45, 2.75) is 25.8 Å². The summed E-state index contributed by atoms with van der Waals surface area (Å²) in [6.45, 7) is 7.44. The van der Waals surface area contributed by atoms with Gasteiger partial charge in [-0.2, -0.15) is 0 Å². The zero-order valence-corrected chi connectivity index (χ0v) is 16.2. The molecule has 4 rings (SSSR count). The van der Waals surface area contributed by atoms with Gasteiger partial charge in [0, 0.05) is 29.9 Å². The van der Waals surface area contributed by atoms with E-state index in [0.29, 0.717) is 13.0 Å². The molecular weight excluding hydrogens is 390 g/mol. The van der Waals surface area contributed by atoms with Crippen molar-refractivity contribution in [1.82, 2.24) is 9.55 Å². The molecule has 4 nitrogen and oxygen atoms in total. The van der Waals surface area contributed by atoms with E-state index in [9.17, 15) is 4.79 Å². The van der Waals surface area contributed by atoms with Crippen LogP contribution in [0.2, 0.25) is 0 Å². The number of rotatable bonds is 4. The third kappa shape index (κ3) is 2.97. The molecule has 1 fully saturated rings. The third-order valence-electron chi connectivity index (χ3n) is 4.75. The predicted octanol–water partition coefficient (Wildman–Crippen LogP) is 4.90. The highest BCUT2D eigenvalue weighted by atomic mass is 79.9. The largest absolute Gasteiger partial charge is 0.324 e. The fraction of sp³-hybridized carbons (Fsp3) is 0.238. The molecule has 132 valence electrons. The fourth-order valence-electron chi connectivity index (χ4n) is 3.63. The summed E-state index contributed by atoms with van der Waals surface area (Å²) in [4.78, 5) is 19.4. The minimum atomic E-state index is 0.0707. The van der Waals surface area contributed by atoms with Crippen LogP contribution >= 0.6 is 15.9 Å². The Balaban J connectivity index is 1.73.